The van der Waals surface area contributed by atoms with Gasteiger partial charge >= 0.3 is 11.7 Å². The molecule has 0 aliphatic carbocycles. The maximum absolute atomic E-state index is 12.1. The van der Waals surface area contributed by atoms with E-state index in [9.17, 15) is 9.59 Å². The minimum absolute atomic E-state index is 0.0879. The topological polar surface area (TPSA) is 79.7 Å². The van der Waals surface area contributed by atoms with Gasteiger partial charge < -0.3 is 14.2 Å². The summed E-state index contributed by atoms with van der Waals surface area (Å²) in [6, 6.07) is 3.47. The summed E-state index contributed by atoms with van der Waals surface area (Å²) in [5, 5.41) is 0.686. The van der Waals surface area contributed by atoms with Crippen LogP contribution >= 0.6 is 0 Å². The minimum atomic E-state index is -0.416. The molecule has 0 atom stereocenters. The van der Waals surface area contributed by atoms with Crippen molar-refractivity contribution in [1.82, 2.24) is 9.55 Å². The quantitative estimate of drug-likeness (QED) is 0.774. The standard InChI is InChI=1S/C15H18N2O5/c1-9-13-10(5-6-11(20-2)14(13)22-4)17(15(19)16-9)8-7-12(18)21-3/h5-6H,7-8H2,1-4H3. The minimum Gasteiger partial charge on any atom is -0.493 e. The van der Waals surface area contributed by atoms with Gasteiger partial charge in [-0.2, -0.15) is 4.98 Å². The molecule has 0 bridgehead atoms. The molecule has 1 aromatic carbocycles. The van der Waals surface area contributed by atoms with Gasteiger partial charge in [-0.25, -0.2) is 4.79 Å². The van der Waals surface area contributed by atoms with E-state index in [-0.39, 0.29) is 18.9 Å². The number of hydrogen-bond donors (Lipinski definition) is 0. The highest BCUT2D eigenvalue weighted by Gasteiger charge is 2.16. The Kier molecular flexibility index (Phi) is 4.65. The molecular formula is C15H18N2O5. The molecule has 0 saturated carbocycles. The second-order valence-electron chi connectivity index (χ2n) is 4.65. The Morgan fingerprint density at radius 2 is 1.95 bits per heavy atom. The molecule has 0 N–H and O–H groups in total. The fourth-order valence-electron chi connectivity index (χ4n) is 2.38. The van der Waals surface area contributed by atoms with Crippen LogP contribution in [0.2, 0.25) is 0 Å². The summed E-state index contributed by atoms with van der Waals surface area (Å²) in [5.74, 6) is 0.677. The Morgan fingerprint density at radius 1 is 1.23 bits per heavy atom. The van der Waals surface area contributed by atoms with Crippen molar-refractivity contribution in [3.8, 4) is 11.5 Å². The second-order valence-corrected chi connectivity index (χ2v) is 4.65. The first-order chi connectivity index (χ1) is 10.5. The van der Waals surface area contributed by atoms with E-state index < -0.39 is 5.69 Å². The summed E-state index contributed by atoms with van der Waals surface area (Å²) in [4.78, 5) is 27.5. The van der Waals surface area contributed by atoms with Gasteiger partial charge in [0.25, 0.3) is 0 Å². The number of benzene rings is 1. The van der Waals surface area contributed by atoms with Gasteiger partial charge in [-0.1, -0.05) is 0 Å². The number of carbonyl (C=O) groups excluding carboxylic acids is 1. The smallest absolute Gasteiger partial charge is 0.348 e. The Bertz CT molecular complexity index is 767. The molecule has 2 aromatic rings. The summed E-state index contributed by atoms with van der Waals surface area (Å²) in [7, 11) is 4.38. The zero-order chi connectivity index (χ0) is 16.3. The van der Waals surface area contributed by atoms with Gasteiger partial charge in [-0.05, 0) is 19.1 Å². The van der Waals surface area contributed by atoms with Crippen LogP contribution in [-0.4, -0.2) is 36.8 Å². The van der Waals surface area contributed by atoms with Crippen LogP contribution in [0.3, 0.4) is 0 Å². The fraction of sp³-hybridized carbons (Fsp3) is 0.400. The molecule has 2 rings (SSSR count). The number of methoxy groups -OCH3 is 3. The number of carbonyl (C=O) groups is 1. The first-order valence-electron chi connectivity index (χ1n) is 6.72. The molecule has 0 saturated heterocycles. The molecule has 0 amide bonds. The molecule has 1 heterocycles. The van der Waals surface area contributed by atoms with E-state index in [0.717, 1.165) is 0 Å². The van der Waals surface area contributed by atoms with Gasteiger partial charge in [0.05, 0.1) is 44.3 Å². The number of hydrogen-bond acceptors (Lipinski definition) is 6. The Morgan fingerprint density at radius 3 is 2.55 bits per heavy atom. The normalized spacial score (nSPS) is 10.5. The summed E-state index contributed by atoms with van der Waals surface area (Å²) in [5.41, 5.74) is 0.769. The number of aryl methyl sites for hydroxylation is 2. The SMILES string of the molecule is COC(=O)CCn1c(=O)nc(C)c2c(OC)c(OC)ccc21. The molecule has 0 unspecified atom stereocenters. The number of aromatic nitrogens is 2. The van der Waals surface area contributed by atoms with Crippen LogP contribution in [0.15, 0.2) is 16.9 Å². The van der Waals surface area contributed by atoms with E-state index in [1.165, 1.54) is 18.8 Å². The maximum Gasteiger partial charge on any atom is 0.348 e. The predicted octanol–water partition coefficient (Wildman–Crippen LogP) is 1.29. The lowest BCUT2D eigenvalue weighted by Gasteiger charge is -2.15. The number of nitrogens with zero attached hydrogens (tertiary/aromatic N) is 2. The summed E-state index contributed by atoms with van der Waals surface area (Å²) < 4.78 is 16.7. The highest BCUT2D eigenvalue weighted by molar-refractivity contribution is 5.90. The van der Waals surface area contributed by atoms with Crippen LogP contribution in [0.1, 0.15) is 12.1 Å². The van der Waals surface area contributed by atoms with E-state index in [0.29, 0.717) is 28.1 Å². The van der Waals surface area contributed by atoms with Gasteiger partial charge in [0.15, 0.2) is 11.5 Å². The van der Waals surface area contributed by atoms with Crippen molar-refractivity contribution in [1.29, 1.82) is 0 Å². The zero-order valence-electron chi connectivity index (χ0n) is 13.0. The van der Waals surface area contributed by atoms with Crippen LogP contribution < -0.4 is 15.2 Å². The van der Waals surface area contributed by atoms with Crippen molar-refractivity contribution >= 4 is 16.9 Å². The number of esters is 1. The Hall–Kier alpha value is -2.57. The molecule has 7 nitrogen and oxygen atoms in total. The third-order valence-corrected chi connectivity index (χ3v) is 3.44. The first kappa shape index (κ1) is 15.8. The van der Waals surface area contributed by atoms with E-state index >= 15 is 0 Å². The molecule has 0 spiro atoms. The predicted molar refractivity (Wildman–Crippen MR) is 80.5 cm³/mol. The summed E-state index contributed by atoms with van der Waals surface area (Å²) >= 11 is 0. The largest absolute Gasteiger partial charge is 0.493 e. The molecule has 1 aromatic heterocycles. The number of ether oxygens (including phenoxy) is 3. The molecule has 0 aliphatic rings. The average molecular weight is 306 g/mol. The number of rotatable bonds is 5. The van der Waals surface area contributed by atoms with Crippen molar-refractivity contribution in [3.05, 3.63) is 28.3 Å². The Balaban J connectivity index is 2.67. The number of fused-ring (bicyclic) bond motifs is 1. The Labute approximate surface area is 127 Å². The summed E-state index contributed by atoms with van der Waals surface area (Å²) in [6.45, 7) is 1.92. The van der Waals surface area contributed by atoms with Crippen LogP contribution in [-0.2, 0) is 16.1 Å². The zero-order valence-corrected chi connectivity index (χ0v) is 13.0. The van der Waals surface area contributed by atoms with Crippen LogP contribution in [0.25, 0.3) is 10.9 Å². The van der Waals surface area contributed by atoms with Gasteiger partial charge in [-0.3, -0.25) is 9.36 Å². The first-order valence-corrected chi connectivity index (χ1v) is 6.72. The molecule has 0 fully saturated rings. The van der Waals surface area contributed by atoms with Crippen molar-refractivity contribution in [2.45, 2.75) is 19.9 Å². The highest BCUT2D eigenvalue weighted by atomic mass is 16.5. The molecule has 22 heavy (non-hydrogen) atoms. The van der Waals surface area contributed by atoms with E-state index in [2.05, 4.69) is 9.72 Å². The van der Waals surface area contributed by atoms with Crippen molar-refractivity contribution < 1.29 is 19.0 Å². The second kappa shape index (κ2) is 6.46. The lowest BCUT2D eigenvalue weighted by Crippen LogP contribution is -2.25. The average Bonchev–Trinajstić information content (AvgIpc) is 2.52. The van der Waals surface area contributed by atoms with Crippen molar-refractivity contribution in [3.63, 3.8) is 0 Å². The molecule has 118 valence electrons. The van der Waals surface area contributed by atoms with Gasteiger partial charge in [0, 0.05) is 6.54 Å². The lowest BCUT2D eigenvalue weighted by atomic mass is 10.1. The van der Waals surface area contributed by atoms with Crippen LogP contribution in [0.4, 0.5) is 0 Å². The lowest BCUT2D eigenvalue weighted by molar-refractivity contribution is -0.140. The van der Waals surface area contributed by atoms with Crippen molar-refractivity contribution in [2.75, 3.05) is 21.3 Å². The maximum atomic E-state index is 12.1. The van der Waals surface area contributed by atoms with Gasteiger partial charge in [-0.15, -0.1) is 0 Å². The fourth-order valence-corrected chi connectivity index (χ4v) is 2.38. The molecular weight excluding hydrogens is 288 g/mol. The van der Waals surface area contributed by atoms with Gasteiger partial charge in [0.2, 0.25) is 0 Å². The van der Waals surface area contributed by atoms with Gasteiger partial charge in [0.1, 0.15) is 0 Å². The van der Waals surface area contributed by atoms with E-state index in [4.69, 9.17) is 9.47 Å². The van der Waals surface area contributed by atoms with Crippen LogP contribution in [0, 0.1) is 6.92 Å². The molecule has 7 heteroatoms. The highest BCUT2D eigenvalue weighted by Crippen LogP contribution is 2.35. The van der Waals surface area contributed by atoms with E-state index in [1.54, 1.807) is 26.2 Å². The van der Waals surface area contributed by atoms with E-state index in [1.807, 2.05) is 0 Å². The van der Waals surface area contributed by atoms with Crippen molar-refractivity contribution in [2.24, 2.45) is 0 Å². The third-order valence-electron chi connectivity index (χ3n) is 3.44. The van der Waals surface area contributed by atoms with Crippen LogP contribution in [0.5, 0.6) is 11.5 Å². The monoisotopic (exact) mass is 306 g/mol. The molecule has 0 aliphatic heterocycles. The third kappa shape index (κ3) is 2.74. The summed E-state index contributed by atoms with van der Waals surface area (Å²) in [6.07, 6.45) is 0.0879. The molecule has 0 radical (unpaired) electrons.